The molecule has 184 valence electrons. The highest BCUT2D eigenvalue weighted by Crippen LogP contribution is 2.49. The molecule has 0 saturated carbocycles. The molecule has 0 bridgehead atoms. The van der Waals surface area contributed by atoms with Gasteiger partial charge in [0.2, 0.25) is 0 Å². The monoisotopic (exact) mass is 495 g/mol. The van der Waals surface area contributed by atoms with Gasteiger partial charge >= 0.3 is 11.9 Å². The third kappa shape index (κ3) is 4.62. The highest BCUT2D eigenvalue weighted by molar-refractivity contribution is 7.10. The molecule has 3 atom stereocenters. The van der Waals surface area contributed by atoms with Gasteiger partial charge in [-0.25, -0.2) is 4.79 Å². The smallest absolute Gasteiger partial charge is 0.336 e. The molecule has 0 amide bonds. The highest BCUT2D eigenvalue weighted by Gasteiger charge is 2.49. The first kappa shape index (κ1) is 24.7. The predicted molar refractivity (Wildman–Crippen MR) is 132 cm³/mol. The quantitative estimate of drug-likeness (QED) is 0.448. The van der Waals surface area contributed by atoms with Crippen LogP contribution in [-0.4, -0.2) is 38.0 Å². The number of carbonyl (C=O) groups excluding carboxylic acids is 3. The van der Waals surface area contributed by atoms with Crippen LogP contribution in [0.4, 0.5) is 0 Å². The molecule has 0 saturated heterocycles. The summed E-state index contributed by atoms with van der Waals surface area (Å²) in [6.07, 6.45) is 0.410. The van der Waals surface area contributed by atoms with Crippen molar-refractivity contribution in [3.63, 3.8) is 0 Å². The number of thiophene rings is 1. The summed E-state index contributed by atoms with van der Waals surface area (Å²) >= 11 is 1.46. The van der Waals surface area contributed by atoms with E-state index in [0.717, 1.165) is 10.4 Å². The lowest BCUT2D eigenvalue weighted by atomic mass is 9.68. The van der Waals surface area contributed by atoms with Crippen molar-refractivity contribution in [1.82, 2.24) is 5.32 Å². The van der Waals surface area contributed by atoms with E-state index >= 15 is 0 Å². The number of nitrogens with one attached hydrogen (secondary N) is 1. The molecule has 1 aliphatic carbocycles. The molecular formula is C27H29NO6S. The Morgan fingerprint density at radius 2 is 1.89 bits per heavy atom. The molecule has 0 radical (unpaired) electrons. The van der Waals surface area contributed by atoms with Crippen LogP contribution in [0.2, 0.25) is 0 Å². The van der Waals surface area contributed by atoms with E-state index in [-0.39, 0.29) is 19.0 Å². The number of rotatable bonds is 7. The maximum atomic E-state index is 14.2. The molecule has 1 aliphatic heterocycles. The molecule has 35 heavy (non-hydrogen) atoms. The molecule has 8 heteroatoms. The summed E-state index contributed by atoms with van der Waals surface area (Å²) in [6.45, 7) is 5.67. The fraction of sp³-hybridized carbons (Fsp3) is 0.370. The van der Waals surface area contributed by atoms with E-state index in [2.05, 4.69) is 5.32 Å². The summed E-state index contributed by atoms with van der Waals surface area (Å²) in [7, 11) is 1.58. The predicted octanol–water partition coefficient (Wildman–Crippen LogP) is 4.47. The topological polar surface area (TPSA) is 90.9 Å². The van der Waals surface area contributed by atoms with Gasteiger partial charge in [0.05, 0.1) is 31.8 Å². The average molecular weight is 496 g/mol. The van der Waals surface area contributed by atoms with E-state index in [0.29, 0.717) is 34.7 Å². The maximum Gasteiger partial charge on any atom is 0.336 e. The van der Waals surface area contributed by atoms with Gasteiger partial charge in [-0.15, -0.1) is 11.3 Å². The van der Waals surface area contributed by atoms with Gasteiger partial charge in [0.15, 0.2) is 5.78 Å². The molecular weight excluding hydrogens is 466 g/mol. The molecule has 1 aromatic carbocycles. The first-order valence-corrected chi connectivity index (χ1v) is 12.5. The minimum atomic E-state index is -1.04. The SMILES string of the molecule is CCOC(=O)C1=C(C)NC2=C(C(=O)[C@H](C(=O)OCC)[C@H](c3cccc(OC)c3)C2)[C@H]1c1cccs1. The molecule has 2 aliphatic rings. The van der Waals surface area contributed by atoms with Gasteiger partial charge < -0.3 is 19.5 Å². The zero-order valence-corrected chi connectivity index (χ0v) is 21.1. The number of ketones is 1. The van der Waals surface area contributed by atoms with Gasteiger partial charge in [0.1, 0.15) is 11.7 Å². The van der Waals surface area contributed by atoms with Crippen LogP contribution in [0.3, 0.4) is 0 Å². The second-order valence-corrected chi connectivity index (χ2v) is 9.39. The Balaban J connectivity index is 1.87. The summed E-state index contributed by atoms with van der Waals surface area (Å²) in [4.78, 5) is 41.2. The molecule has 0 spiro atoms. The van der Waals surface area contributed by atoms with Crippen molar-refractivity contribution in [1.29, 1.82) is 0 Å². The molecule has 1 N–H and O–H groups in total. The number of hydrogen-bond acceptors (Lipinski definition) is 8. The zero-order chi connectivity index (χ0) is 25.1. The lowest BCUT2D eigenvalue weighted by Crippen LogP contribution is -2.43. The number of hydrogen-bond donors (Lipinski definition) is 1. The maximum absolute atomic E-state index is 14.2. The van der Waals surface area contributed by atoms with Crippen molar-refractivity contribution in [2.45, 2.75) is 39.0 Å². The number of allylic oxidation sites excluding steroid dienone is 3. The molecule has 0 fully saturated rings. The van der Waals surface area contributed by atoms with Crippen LogP contribution in [0, 0.1) is 5.92 Å². The Morgan fingerprint density at radius 1 is 1.11 bits per heavy atom. The fourth-order valence-corrected chi connectivity index (χ4v) is 5.78. The Hall–Kier alpha value is -3.39. The van der Waals surface area contributed by atoms with Crippen molar-refractivity contribution in [2.24, 2.45) is 5.92 Å². The summed E-state index contributed by atoms with van der Waals surface area (Å²) in [6, 6.07) is 11.2. The minimum Gasteiger partial charge on any atom is -0.497 e. The largest absolute Gasteiger partial charge is 0.497 e. The van der Waals surface area contributed by atoms with Crippen LogP contribution in [-0.2, 0) is 23.9 Å². The van der Waals surface area contributed by atoms with Gasteiger partial charge in [-0.2, -0.15) is 0 Å². The molecule has 2 heterocycles. The minimum absolute atomic E-state index is 0.166. The van der Waals surface area contributed by atoms with E-state index in [9.17, 15) is 14.4 Å². The van der Waals surface area contributed by atoms with Crippen LogP contribution in [0.5, 0.6) is 5.75 Å². The third-order valence-corrected chi connectivity index (χ3v) is 7.34. The number of dihydropyridines is 1. The van der Waals surface area contributed by atoms with Gasteiger partial charge in [0, 0.05) is 27.8 Å². The average Bonchev–Trinajstić information content (AvgIpc) is 3.38. The normalized spacial score (nSPS) is 21.8. The summed E-state index contributed by atoms with van der Waals surface area (Å²) in [5, 5.41) is 5.22. The second-order valence-electron chi connectivity index (χ2n) is 8.41. The Labute approximate surface area is 208 Å². The van der Waals surface area contributed by atoms with Crippen molar-refractivity contribution >= 4 is 29.1 Å². The van der Waals surface area contributed by atoms with Gasteiger partial charge in [-0.3, -0.25) is 9.59 Å². The molecule has 1 aromatic heterocycles. The first-order valence-electron chi connectivity index (χ1n) is 11.7. The summed E-state index contributed by atoms with van der Waals surface area (Å²) in [5.74, 6) is -2.82. The van der Waals surface area contributed by atoms with Crippen LogP contribution >= 0.6 is 11.3 Å². The number of Topliss-reactive ketones (excluding diaryl/α,β-unsaturated/α-hetero) is 1. The van der Waals surface area contributed by atoms with Gasteiger partial charge in [-0.05, 0) is 56.3 Å². The van der Waals surface area contributed by atoms with E-state index in [1.165, 1.54) is 11.3 Å². The molecule has 4 rings (SSSR count). The highest BCUT2D eigenvalue weighted by atomic mass is 32.1. The van der Waals surface area contributed by atoms with Crippen molar-refractivity contribution in [3.05, 3.63) is 74.8 Å². The van der Waals surface area contributed by atoms with Crippen LogP contribution in [0.25, 0.3) is 0 Å². The Kier molecular flexibility index (Phi) is 7.40. The van der Waals surface area contributed by atoms with Crippen molar-refractivity contribution in [3.8, 4) is 5.75 Å². The van der Waals surface area contributed by atoms with E-state index in [1.807, 2.05) is 48.7 Å². The number of benzene rings is 1. The van der Waals surface area contributed by atoms with Gasteiger partial charge in [-0.1, -0.05) is 18.2 Å². The first-order chi connectivity index (χ1) is 16.9. The standard InChI is InChI=1S/C27H29NO6S/c1-5-33-26(30)21-15(3)28-19-14-18(16-9-7-10-17(13-16)32-4)22(27(31)34-6-2)25(29)23(19)24(21)20-11-8-12-35-20/h7-13,18,22,24,28H,5-6,14H2,1-4H3/t18-,22+,24-/m0/s1. The summed E-state index contributed by atoms with van der Waals surface area (Å²) < 4.78 is 16.1. The van der Waals surface area contributed by atoms with Crippen LogP contribution < -0.4 is 10.1 Å². The third-order valence-electron chi connectivity index (χ3n) is 6.40. The van der Waals surface area contributed by atoms with E-state index in [4.69, 9.17) is 14.2 Å². The van der Waals surface area contributed by atoms with Crippen LogP contribution in [0.15, 0.2) is 64.3 Å². The number of carbonyl (C=O) groups is 3. The number of ether oxygens (including phenoxy) is 3. The lowest BCUT2D eigenvalue weighted by molar-refractivity contribution is -0.152. The Morgan fingerprint density at radius 3 is 2.54 bits per heavy atom. The molecule has 7 nitrogen and oxygen atoms in total. The van der Waals surface area contributed by atoms with Crippen molar-refractivity contribution < 1.29 is 28.6 Å². The molecule has 0 unspecified atom stereocenters. The van der Waals surface area contributed by atoms with E-state index in [1.54, 1.807) is 21.0 Å². The van der Waals surface area contributed by atoms with E-state index < -0.39 is 29.7 Å². The van der Waals surface area contributed by atoms with Crippen LogP contribution in [0.1, 0.15) is 49.5 Å². The fourth-order valence-electron chi connectivity index (χ4n) is 4.94. The zero-order valence-electron chi connectivity index (χ0n) is 20.3. The summed E-state index contributed by atoms with van der Waals surface area (Å²) in [5.41, 5.74) is 3.00. The Bertz CT molecular complexity index is 1200. The number of esters is 2. The molecule has 2 aromatic rings. The number of methoxy groups -OCH3 is 1. The lowest BCUT2D eigenvalue weighted by Gasteiger charge is -2.39. The second kappa shape index (κ2) is 10.5. The van der Waals surface area contributed by atoms with Gasteiger partial charge in [0.25, 0.3) is 0 Å². The van der Waals surface area contributed by atoms with Crippen molar-refractivity contribution in [2.75, 3.05) is 20.3 Å².